The molecule has 1 N–H and O–H groups in total. The third-order valence-electron chi connectivity index (χ3n) is 2.17. The molecule has 0 spiro atoms. The van der Waals surface area contributed by atoms with Crippen molar-refractivity contribution in [3.63, 3.8) is 0 Å². The van der Waals surface area contributed by atoms with Crippen molar-refractivity contribution in [2.75, 3.05) is 5.32 Å². The van der Waals surface area contributed by atoms with Gasteiger partial charge in [-0.3, -0.25) is 4.79 Å². The predicted octanol–water partition coefficient (Wildman–Crippen LogP) is 4.39. The highest BCUT2D eigenvalue weighted by molar-refractivity contribution is 9.40. The van der Waals surface area contributed by atoms with Crippen molar-refractivity contribution in [2.24, 2.45) is 0 Å². The number of benzene rings is 1. The first kappa shape index (κ1) is 14.2. The largest absolute Gasteiger partial charge is 0.323 e. The van der Waals surface area contributed by atoms with Crippen molar-refractivity contribution in [1.82, 2.24) is 0 Å². The first-order valence-electron chi connectivity index (χ1n) is 4.68. The molecule has 0 aliphatic heterocycles. The Morgan fingerprint density at radius 1 is 1.12 bits per heavy atom. The van der Waals surface area contributed by atoms with Crippen molar-refractivity contribution in [3.8, 4) is 0 Å². The summed E-state index contributed by atoms with van der Waals surface area (Å²) in [5.41, 5.74) is 4.17. The molecule has 0 bridgehead atoms. The maximum atomic E-state index is 11.8. The molecule has 0 heterocycles. The van der Waals surface area contributed by atoms with Gasteiger partial charge in [0.2, 0.25) is 2.14 Å². The zero-order chi connectivity index (χ0) is 12.5. The van der Waals surface area contributed by atoms with Crippen molar-refractivity contribution in [3.05, 3.63) is 28.8 Å². The molecule has 0 atom stereocenters. The highest BCUT2D eigenvalue weighted by Crippen LogP contribution is 2.35. The van der Waals surface area contributed by atoms with Gasteiger partial charge in [0.25, 0.3) is 5.91 Å². The number of aryl methyl sites for hydroxylation is 3. The number of amides is 1. The normalized spacial score (nSPS) is 11.4. The minimum atomic E-state index is -0.920. The Hall–Kier alpha value is 0.130. The average molecular weight is 414 g/mol. The molecule has 0 saturated carbocycles. The number of halogens is 3. The standard InChI is InChI=1S/C11H12Br3NO/c1-6-4-7(2)9(8(3)5-6)15-10(16)11(12,13)14/h4-5H,1-3H3,(H,15,16). The van der Waals surface area contributed by atoms with Crippen LogP contribution in [0.15, 0.2) is 12.1 Å². The van der Waals surface area contributed by atoms with Crippen molar-refractivity contribution >= 4 is 59.4 Å². The molecule has 0 aliphatic carbocycles. The molecule has 2 nitrogen and oxygen atoms in total. The zero-order valence-electron chi connectivity index (χ0n) is 9.20. The number of nitrogens with one attached hydrogen (secondary N) is 1. The number of hydrogen-bond acceptors (Lipinski definition) is 1. The Kier molecular flexibility index (Phi) is 4.60. The summed E-state index contributed by atoms with van der Waals surface area (Å²) in [5, 5.41) is 2.87. The van der Waals surface area contributed by atoms with Crippen LogP contribution in [0.25, 0.3) is 0 Å². The third kappa shape index (κ3) is 3.57. The quantitative estimate of drug-likeness (QED) is 0.680. The number of rotatable bonds is 1. The minimum Gasteiger partial charge on any atom is -0.323 e. The summed E-state index contributed by atoms with van der Waals surface area (Å²) >= 11 is 9.56. The molecule has 0 radical (unpaired) electrons. The molecule has 0 aliphatic rings. The van der Waals surface area contributed by atoms with E-state index >= 15 is 0 Å². The Labute approximate surface area is 121 Å². The van der Waals surface area contributed by atoms with E-state index in [1.54, 1.807) is 0 Å². The van der Waals surface area contributed by atoms with Gasteiger partial charge in [0.1, 0.15) is 0 Å². The maximum Gasteiger partial charge on any atom is 0.263 e. The van der Waals surface area contributed by atoms with Crippen LogP contribution in [0.4, 0.5) is 5.69 Å². The first-order chi connectivity index (χ1) is 7.21. The van der Waals surface area contributed by atoms with Crippen LogP contribution in [0.1, 0.15) is 16.7 Å². The van der Waals surface area contributed by atoms with Gasteiger partial charge in [0.15, 0.2) is 0 Å². The second kappa shape index (κ2) is 5.19. The molecule has 0 aromatic heterocycles. The molecule has 1 aromatic rings. The van der Waals surface area contributed by atoms with Crippen LogP contribution in [-0.4, -0.2) is 8.05 Å². The monoisotopic (exact) mass is 411 g/mol. The Morgan fingerprint density at radius 2 is 1.56 bits per heavy atom. The van der Waals surface area contributed by atoms with Gasteiger partial charge in [-0.2, -0.15) is 0 Å². The smallest absolute Gasteiger partial charge is 0.263 e. The summed E-state index contributed by atoms with van der Waals surface area (Å²) in [6.45, 7) is 6.00. The fourth-order valence-corrected chi connectivity index (χ4v) is 1.86. The van der Waals surface area contributed by atoms with Crippen molar-refractivity contribution in [2.45, 2.75) is 22.9 Å². The van der Waals surface area contributed by atoms with E-state index in [9.17, 15) is 4.79 Å². The summed E-state index contributed by atoms with van der Waals surface area (Å²) in [6, 6.07) is 4.09. The summed E-state index contributed by atoms with van der Waals surface area (Å²) in [5.74, 6) is -0.192. The number of alkyl halides is 3. The molecular weight excluding hydrogens is 402 g/mol. The molecule has 1 rings (SSSR count). The summed E-state index contributed by atoms with van der Waals surface area (Å²) in [6.07, 6.45) is 0. The molecule has 0 unspecified atom stereocenters. The lowest BCUT2D eigenvalue weighted by atomic mass is 10.1. The minimum absolute atomic E-state index is 0.192. The maximum absolute atomic E-state index is 11.8. The van der Waals surface area contributed by atoms with Crippen molar-refractivity contribution in [1.29, 1.82) is 0 Å². The second-order valence-corrected chi connectivity index (χ2v) is 10.5. The number of carbonyl (C=O) groups is 1. The topological polar surface area (TPSA) is 29.1 Å². The molecule has 1 aromatic carbocycles. The van der Waals surface area contributed by atoms with Gasteiger partial charge >= 0.3 is 0 Å². The summed E-state index contributed by atoms with van der Waals surface area (Å²) in [4.78, 5) is 11.8. The van der Waals surface area contributed by atoms with E-state index < -0.39 is 2.14 Å². The Morgan fingerprint density at radius 3 is 1.94 bits per heavy atom. The van der Waals surface area contributed by atoms with E-state index in [4.69, 9.17) is 0 Å². The fraction of sp³-hybridized carbons (Fsp3) is 0.364. The van der Waals surface area contributed by atoms with E-state index in [1.165, 1.54) is 5.56 Å². The van der Waals surface area contributed by atoms with E-state index in [0.29, 0.717) is 0 Å². The number of hydrogen-bond donors (Lipinski definition) is 1. The molecule has 0 saturated heterocycles. The van der Waals surface area contributed by atoms with Crippen LogP contribution in [0.2, 0.25) is 0 Å². The van der Waals surface area contributed by atoms with E-state index in [0.717, 1.165) is 16.8 Å². The molecule has 16 heavy (non-hydrogen) atoms. The molecule has 88 valence electrons. The van der Waals surface area contributed by atoms with Crippen molar-refractivity contribution < 1.29 is 4.79 Å². The lowest BCUT2D eigenvalue weighted by Gasteiger charge is -2.16. The SMILES string of the molecule is Cc1cc(C)c(NC(=O)C(Br)(Br)Br)c(C)c1. The van der Waals surface area contributed by atoms with E-state index in [2.05, 4.69) is 53.1 Å². The fourth-order valence-electron chi connectivity index (χ4n) is 1.56. The van der Waals surface area contributed by atoms with Gasteiger partial charge in [-0.25, -0.2) is 0 Å². The Bertz CT molecular complexity index is 401. The van der Waals surface area contributed by atoms with E-state index in [-0.39, 0.29) is 5.91 Å². The van der Waals surface area contributed by atoms with Gasteiger partial charge < -0.3 is 5.32 Å². The number of anilines is 1. The lowest BCUT2D eigenvalue weighted by molar-refractivity contribution is -0.114. The first-order valence-corrected chi connectivity index (χ1v) is 7.05. The summed E-state index contributed by atoms with van der Waals surface area (Å²) in [7, 11) is 0. The van der Waals surface area contributed by atoms with Crippen LogP contribution in [-0.2, 0) is 4.79 Å². The van der Waals surface area contributed by atoms with Gasteiger partial charge in [0.05, 0.1) is 0 Å². The van der Waals surface area contributed by atoms with Crippen LogP contribution in [0, 0.1) is 20.8 Å². The molecular formula is C11H12Br3NO. The average Bonchev–Trinajstić information content (AvgIpc) is 2.08. The van der Waals surface area contributed by atoms with Gasteiger partial charge in [-0.15, -0.1) is 0 Å². The molecule has 0 fully saturated rings. The van der Waals surface area contributed by atoms with Crippen LogP contribution >= 0.6 is 47.8 Å². The van der Waals surface area contributed by atoms with Gasteiger partial charge in [-0.05, 0) is 79.7 Å². The highest BCUT2D eigenvalue weighted by atomic mass is 80.0. The molecule has 5 heteroatoms. The Balaban J connectivity index is 3.03. The second-order valence-electron chi connectivity index (χ2n) is 3.73. The van der Waals surface area contributed by atoms with E-state index in [1.807, 2.05) is 32.9 Å². The zero-order valence-corrected chi connectivity index (χ0v) is 14.0. The molecule has 1 amide bonds. The van der Waals surface area contributed by atoms with Crippen LogP contribution < -0.4 is 5.32 Å². The summed E-state index contributed by atoms with van der Waals surface area (Å²) < 4.78 is -0.920. The van der Waals surface area contributed by atoms with Gasteiger partial charge in [0, 0.05) is 5.69 Å². The van der Waals surface area contributed by atoms with Crippen LogP contribution in [0.5, 0.6) is 0 Å². The number of carbonyl (C=O) groups excluding carboxylic acids is 1. The lowest BCUT2D eigenvalue weighted by Crippen LogP contribution is -2.26. The highest BCUT2D eigenvalue weighted by Gasteiger charge is 2.29. The van der Waals surface area contributed by atoms with Crippen LogP contribution in [0.3, 0.4) is 0 Å². The predicted molar refractivity (Wildman–Crippen MR) is 78.8 cm³/mol. The van der Waals surface area contributed by atoms with Gasteiger partial charge in [-0.1, -0.05) is 17.7 Å². The third-order valence-corrected chi connectivity index (χ3v) is 3.25.